The van der Waals surface area contributed by atoms with Crippen molar-refractivity contribution in [3.8, 4) is 0 Å². The van der Waals surface area contributed by atoms with Gasteiger partial charge in [0.15, 0.2) is 5.84 Å². The van der Waals surface area contributed by atoms with Gasteiger partial charge in [0, 0.05) is 13.2 Å². The summed E-state index contributed by atoms with van der Waals surface area (Å²) in [6.07, 6.45) is -0.571. The van der Waals surface area contributed by atoms with Gasteiger partial charge in [0.2, 0.25) is 6.29 Å². The van der Waals surface area contributed by atoms with E-state index in [1.165, 1.54) is 0 Å². The first-order valence-electron chi connectivity index (χ1n) is 7.46. The highest BCUT2D eigenvalue weighted by Gasteiger charge is 2.12. The summed E-state index contributed by atoms with van der Waals surface area (Å²) in [6.45, 7) is 11.3. The van der Waals surface area contributed by atoms with Gasteiger partial charge in [0.05, 0.1) is 6.54 Å². The van der Waals surface area contributed by atoms with E-state index < -0.39 is 6.29 Å². The number of nitrogens with two attached hydrogens (primary N) is 1. The molecule has 0 heterocycles. The molecular formula is C16H27BN2O2. The van der Waals surface area contributed by atoms with Gasteiger partial charge in [-0.15, -0.1) is 0 Å². The van der Waals surface area contributed by atoms with Crippen LogP contribution in [0.4, 0.5) is 0 Å². The lowest BCUT2D eigenvalue weighted by atomic mass is 9.90. The molecule has 116 valence electrons. The zero-order valence-corrected chi connectivity index (χ0v) is 13.8. The van der Waals surface area contributed by atoms with Crippen molar-refractivity contribution in [2.45, 2.75) is 47.5 Å². The molecule has 4 nitrogen and oxygen atoms in total. The number of benzene rings is 1. The number of aryl methyl sites for hydroxylation is 1. The second-order valence-corrected chi connectivity index (χ2v) is 4.17. The molecule has 0 unspecified atom stereocenters. The summed E-state index contributed by atoms with van der Waals surface area (Å²) in [7, 11) is 5.85. The predicted octanol–water partition coefficient (Wildman–Crippen LogP) is 2.07. The summed E-state index contributed by atoms with van der Waals surface area (Å²) >= 11 is 0. The Kier molecular flexibility index (Phi) is 10.6. The molecule has 0 saturated carbocycles. The van der Waals surface area contributed by atoms with Crippen molar-refractivity contribution < 1.29 is 9.47 Å². The number of hydrogen-bond acceptors (Lipinski definition) is 3. The summed E-state index contributed by atoms with van der Waals surface area (Å²) in [5, 5.41) is 0. The monoisotopic (exact) mass is 290 g/mol. The Labute approximate surface area is 130 Å². The van der Waals surface area contributed by atoms with E-state index in [2.05, 4.69) is 4.99 Å². The van der Waals surface area contributed by atoms with Crippen LogP contribution >= 0.6 is 0 Å². The molecule has 21 heavy (non-hydrogen) atoms. The van der Waals surface area contributed by atoms with E-state index in [4.69, 9.17) is 23.1 Å². The van der Waals surface area contributed by atoms with Gasteiger partial charge in [-0.3, -0.25) is 4.99 Å². The molecule has 0 aliphatic heterocycles. The van der Waals surface area contributed by atoms with Crippen LogP contribution in [0.15, 0.2) is 23.2 Å². The van der Waals surface area contributed by atoms with Crippen LogP contribution in [0, 0.1) is 6.92 Å². The Balaban J connectivity index is 0.00000191. The minimum atomic E-state index is -0.571. The van der Waals surface area contributed by atoms with Crippen molar-refractivity contribution in [1.82, 2.24) is 0 Å². The number of amidine groups is 1. The van der Waals surface area contributed by atoms with Gasteiger partial charge < -0.3 is 15.2 Å². The van der Waals surface area contributed by atoms with Gasteiger partial charge in [-0.1, -0.05) is 43.1 Å². The van der Waals surface area contributed by atoms with E-state index in [-0.39, 0.29) is 0 Å². The van der Waals surface area contributed by atoms with Gasteiger partial charge >= 0.3 is 0 Å². The normalized spacial score (nSPS) is 11.2. The Morgan fingerprint density at radius 3 is 2.29 bits per heavy atom. The molecule has 5 heteroatoms. The maximum Gasteiger partial charge on any atom is 0.216 e. The average Bonchev–Trinajstić information content (AvgIpc) is 2.50. The molecule has 2 N–H and O–H groups in total. The fourth-order valence-electron chi connectivity index (χ4n) is 1.57. The minimum absolute atomic E-state index is 0.350. The molecular weight excluding hydrogens is 263 g/mol. The first-order valence-corrected chi connectivity index (χ1v) is 7.46. The highest BCUT2D eigenvalue weighted by Crippen LogP contribution is 2.03. The van der Waals surface area contributed by atoms with E-state index in [1.807, 2.05) is 52.8 Å². The molecule has 0 aromatic heterocycles. The number of ether oxygens (including phenoxy) is 2. The fraction of sp³-hybridized carbons (Fsp3) is 0.562. The fourth-order valence-corrected chi connectivity index (χ4v) is 1.57. The molecule has 0 fully saturated rings. The molecule has 1 aromatic rings. The Morgan fingerprint density at radius 1 is 1.24 bits per heavy atom. The molecule has 0 aliphatic carbocycles. The lowest BCUT2D eigenvalue weighted by molar-refractivity contribution is -0.0907. The van der Waals surface area contributed by atoms with Crippen molar-refractivity contribution >= 4 is 19.1 Å². The van der Waals surface area contributed by atoms with E-state index in [0.29, 0.717) is 25.6 Å². The van der Waals surface area contributed by atoms with Gasteiger partial charge in [-0.2, -0.15) is 0 Å². The van der Waals surface area contributed by atoms with E-state index in [9.17, 15) is 0 Å². The Hall–Kier alpha value is -1.33. The van der Waals surface area contributed by atoms with Gasteiger partial charge in [0.1, 0.15) is 7.85 Å². The van der Waals surface area contributed by atoms with Crippen LogP contribution in [-0.4, -0.2) is 33.2 Å². The van der Waals surface area contributed by atoms with E-state index in [1.54, 1.807) is 0 Å². The summed E-state index contributed by atoms with van der Waals surface area (Å²) in [4.78, 5) is 4.29. The van der Waals surface area contributed by atoms with Gasteiger partial charge in [-0.25, -0.2) is 0 Å². The van der Waals surface area contributed by atoms with Crippen molar-refractivity contribution in [2.75, 3.05) is 13.2 Å². The summed E-state index contributed by atoms with van der Waals surface area (Å²) in [5.41, 5.74) is 8.71. The van der Waals surface area contributed by atoms with Crippen molar-refractivity contribution in [1.29, 1.82) is 0 Å². The van der Waals surface area contributed by atoms with Crippen LogP contribution in [0.25, 0.3) is 0 Å². The van der Waals surface area contributed by atoms with Gasteiger partial charge in [0.25, 0.3) is 0 Å². The second kappa shape index (κ2) is 11.3. The zero-order chi connectivity index (χ0) is 16.3. The van der Waals surface area contributed by atoms with E-state index >= 15 is 0 Å². The number of hydrogen-bond donors (Lipinski definition) is 1. The topological polar surface area (TPSA) is 56.8 Å². The minimum Gasteiger partial charge on any atom is -0.383 e. The summed E-state index contributed by atoms with van der Waals surface area (Å²) in [5.74, 6) is 0.350. The SMILES string of the molecule is CC.[B]c1cc(CN=C(N)C(OCC)OCC)ccc1C. The summed E-state index contributed by atoms with van der Waals surface area (Å²) < 4.78 is 10.7. The van der Waals surface area contributed by atoms with Crippen LogP contribution < -0.4 is 11.2 Å². The quantitative estimate of drug-likeness (QED) is 0.362. The highest BCUT2D eigenvalue weighted by molar-refractivity contribution is 6.33. The first kappa shape index (κ1) is 19.7. The molecule has 0 amide bonds. The maximum absolute atomic E-state index is 5.87. The van der Waals surface area contributed by atoms with Gasteiger partial charge in [-0.05, 0) is 26.3 Å². The third-order valence-corrected chi connectivity index (χ3v) is 2.67. The first-order chi connectivity index (χ1) is 10.1. The molecule has 2 radical (unpaired) electrons. The average molecular weight is 290 g/mol. The molecule has 0 atom stereocenters. The van der Waals surface area contributed by atoms with Crippen LogP contribution in [0.1, 0.15) is 38.8 Å². The highest BCUT2D eigenvalue weighted by atomic mass is 16.7. The van der Waals surface area contributed by atoms with Crippen LogP contribution in [0.5, 0.6) is 0 Å². The number of aliphatic imine (C=N–C) groups is 1. The summed E-state index contributed by atoms with van der Waals surface area (Å²) in [6, 6.07) is 5.86. The number of rotatable bonds is 7. The largest absolute Gasteiger partial charge is 0.383 e. The third kappa shape index (κ3) is 7.30. The lowest BCUT2D eigenvalue weighted by Crippen LogP contribution is -2.34. The molecule has 1 aromatic carbocycles. The van der Waals surface area contributed by atoms with Crippen molar-refractivity contribution in [3.63, 3.8) is 0 Å². The van der Waals surface area contributed by atoms with Crippen LogP contribution in [0.3, 0.4) is 0 Å². The van der Waals surface area contributed by atoms with Crippen LogP contribution in [0.2, 0.25) is 0 Å². The molecule has 0 bridgehead atoms. The number of nitrogens with zero attached hydrogens (tertiary/aromatic N) is 1. The van der Waals surface area contributed by atoms with Crippen molar-refractivity contribution in [2.24, 2.45) is 10.7 Å². The zero-order valence-electron chi connectivity index (χ0n) is 13.8. The standard InChI is InChI=1S/C14H21BN2O2.C2H6/c1-4-18-14(19-5-2)13(16)17-9-11-7-6-10(3)12(15)8-11;1-2/h6-8,14H,4-5,9H2,1-3H3,(H2,16,17);1-2H3. The molecule has 0 spiro atoms. The third-order valence-electron chi connectivity index (χ3n) is 2.67. The maximum atomic E-state index is 5.87. The predicted molar refractivity (Wildman–Crippen MR) is 90.3 cm³/mol. The second-order valence-electron chi connectivity index (χ2n) is 4.17. The van der Waals surface area contributed by atoms with E-state index in [0.717, 1.165) is 16.6 Å². The molecule has 0 aliphatic rings. The lowest BCUT2D eigenvalue weighted by Gasteiger charge is -2.16. The van der Waals surface area contributed by atoms with Crippen molar-refractivity contribution in [3.05, 3.63) is 29.3 Å². The molecule has 0 saturated heterocycles. The van der Waals surface area contributed by atoms with Crippen LogP contribution in [-0.2, 0) is 16.0 Å². The molecule has 1 rings (SSSR count). The Morgan fingerprint density at radius 2 is 1.81 bits per heavy atom. The smallest absolute Gasteiger partial charge is 0.216 e. The Bertz CT molecular complexity index is 430.